The third-order valence-electron chi connectivity index (χ3n) is 8.59. The molecule has 0 aromatic heterocycles. The summed E-state index contributed by atoms with van der Waals surface area (Å²) in [4.78, 5) is 69.4. The first-order chi connectivity index (χ1) is 25.4. The zero-order valence-corrected chi connectivity index (χ0v) is 27.1. The predicted octanol–water partition coefficient (Wildman–Crippen LogP) is 9.35. The number of carbonyl (C=O) groups excluding carboxylic acids is 5. The molecule has 0 aliphatic carbocycles. The van der Waals surface area contributed by atoms with Crippen LogP contribution in [0.4, 0.5) is 34.1 Å². The van der Waals surface area contributed by atoms with Gasteiger partial charge in [0.1, 0.15) is 0 Å². The highest BCUT2D eigenvalue weighted by molar-refractivity contribution is 6.36. The van der Waals surface area contributed by atoms with Gasteiger partial charge in [-0.25, -0.2) is 9.80 Å². The van der Waals surface area contributed by atoms with Crippen LogP contribution in [0.25, 0.3) is 0 Å². The van der Waals surface area contributed by atoms with Crippen molar-refractivity contribution in [3.8, 4) is 0 Å². The minimum absolute atomic E-state index is 0.0778. The smallest absolute Gasteiger partial charge is 0.266 e. The molecule has 2 aliphatic heterocycles. The molecule has 0 radical (unpaired) electrons. The quantitative estimate of drug-likeness (QED) is 0.0895. The van der Waals surface area contributed by atoms with E-state index in [-0.39, 0.29) is 33.4 Å². The number of anilines is 2. The molecule has 6 aromatic rings. The molecule has 0 unspecified atom stereocenters. The Labute approximate surface area is 296 Å². The number of hydrogen-bond donors (Lipinski definition) is 0. The fourth-order valence-corrected chi connectivity index (χ4v) is 5.96. The van der Waals surface area contributed by atoms with E-state index in [0.717, 1.165) is 9.80 Å². The molecule has 0 atom stereocenters. The minimum atomic E-state index is -0.578. The first-order valence-corrected chi connectivity index (χ1v) is 16.1. The van der Waals surface area contributed by atoms with E-state index < -0.39 is 29.4 Å². The maximum atomic E-state index is 13.7. The maximum absolute atomic E-state index is 13.7. The van der Waals surface area contributed by atoms with Gasteiger partial charge in [0.05, 0.1) is 56.4 Å². The molecule has 4 amide bonds. The molecule has 0 saturated heterocycles. The van der Waals surface area contributed by atoms with Gasteiger partial charge in [0.15, 0.2) is 5.78 Å². The molecule has 2 aliphatic rings. The molecule has 248 valence electrons. The van der Waals surface area contributed by atoms with Crippen molar-refractivity contribution in [1.82, 2.24) is 0 Å². The summed E-state index contributed by atoms with van der Waals surface area (Å²) in [5.41, 5.74) is 3.89. The average Bonchev–Trinajstić information content (AvgIpc) is 3.60. The molecule has 2 heterocycles. The molecular formula is C41H24N6O5. The Morgan fingerprint density at radius 1 is 0.365 bits per heavy atom. The molecule has 11 heteroatoms. The maximum Gasteiger partial charge on any atom is 0.266 e. The Morgan fingerprint density at radius 2 is 0.692 bits per heavy atom. The van der Waals surface area contributed by atoms with Crippen LogP contribution in [-0.4, -0.2) is 29.4 Å². The highest BCUT2D eigenvalue weighted by atomic mass is 16.2. The van der Waals surface area contributed by atoms with Crippen LogP contribution in [0.1, 0.15) is 57.4 Å². The number of amides is 4. The zero-order valence-electron chi connectivity index (χ0n) is 27.1. The van der Waals surface area contributed by atoms with Crippen LogP contribution in [0.15, 0.2) is 166 Å². The van der Waals surface area contributed by atoms with Crippen molar-refractivity contribution in [2.75, 3.05) is 9.80 Å². The molecule has 11 nitrogen and oxygen atoms in total. The number of azo groups is 2. The lowest BCUT2D eigenvalue weighted by Crippen LogP contribution is -2.29. The fraction of sp³-hybridized carbons (Fsp3) is 0. The van der Waals surface area contributed by atoms with Crippen molar-refractivity contribution in [3.05, 3.63) is 179 Å². The minimum Gasteiger partial charge on any atom is -0.289 e. The van der Waals surface area contributed by atoms with Crippen molar-refractivity contribution in [2.45, 2.75) is 0 Å². The number of nitrogens with zero attached hydrogens (tertiary/aromatic N) is 6. The Morgan fingerprint density at radius 3 is 1.06 bits per heavy atom. The van der Waals surface area contributed by atoms with Crippen molar-refractivity contribution >= 4 is 63.5 Å². The number of rotatable bonds is 8. The third kappa shape index (κ3) is 5.77. The Balaban J connectivity index is 0.987. The summed E-state index contributed by atoms with van der Waals surface area (Å²) < 4.78 is 0. The second-order valence-electron chi connectivity index (χ2n) is 11.8. The number of imide groups is 2. The van der Waals surface area contributed by atoms with Crippen LogP contribution in [0.3, 0.4) is 0 Å². The molecule has 0 fully saturated rings. The van der Waals surface area contributed by atoms with Crippen LogP contribution in [0, 0.1) is 0 Å². The van der Waals surface area contributed by atoms with Gasteiger partial charge in [0.2, 0.25) is 0 Å². The molecule has 52 heavy (non-hydrogen) atoms. The molecule has 8 rings (SSSR count). The highest BCUT2D eigenvalue weighted by Crippen LogP contribution is 2.33. The van der Waals surface area contributed by atoms with Gasteiger partial charge in [0, 0.05) is 11.1 Å². The van der Waals surface area contributed by atoms with Crippen LogP contribution < -0.4 is 9.80 Å². The fourth-order valence-electron chi connectivity index (χ4n) is 5.96. The Hall–Kier alpha value is -7.53. The van der Waals surface area contributed by atoms with E-state index in [0.29, 0.717) is 34.1 Å². The monoisotopic (exact) mass is 680 g/mol. The summed E-state index contributed by atoms with van der Waals surface area (Å²) in [5.74, 6) is -2.68. The van der Waals surface area contributed by atoms with E-state index in [1.165, 1.54) is 36.4 Å². The number of ketones is 1. The van der Waals surface area contributed by atoms with Crippen molar-refractivity contribution in [1.29, 1.82) is 0 Å². The van der Waals surface area contributed by atoms with Crippen LogP contribution in [0.5, 0.6) is 0 Å². The van der Waals surface area contributed by atoms with E-state index in [4.69, 9.17) is 0 Å². The molecule has 6 aromatic carbocycles. The SMILES string of the molecule is O=C(c1ccc2c(c1)C(=O)N(c1ccc(N=Nc3ccccc3)cc1)C2=O)c1ccc2c(c1)C(=O)N(c1ccc(N=Nc3ccccc3)cc1)C2=O. The van der Waals surface area contributed by atoms with Crippen molar-refractivity contribution < 1.29 is 24.0 Å². The van der Waals surface area contributed by atoms with Gasteiger partial charge in [-0.3, -0.25) is 24.0 Å². The lowest BCUT2D eigenvalue weighted by Gasteiger charge is -2.13. The normalized spacial score (nSPS) is 13.8. The summed E-state index contributed by atoms with van der Waals surface area (Å²) >= 11 is 0. The lowest BCUT2D eigenvalue weighted by atomic mass is 9.96. The van der Waals surface area contributed by atoms with Gasteiger partial charge >= 0.3 is 0 Å². The topological polar surface area (TPSA) is 141 Å². The van der Waals surface area contributed by atoms with E-state index in [1.54, 1.807) is 48.5 Å². The van der Waals surface area contributed by atoms with Gasteiger partial charge in [-0.2, -0.15) is 20.5 Å². The zero-order chi connectivity index (χ0) is 35.8. The second-order valence-corrected chi connectivity index (χ2v) is 11.8. The summed E-state index contributed by atoms with van der Waals surface area (Å²) in [6.45, 7) is 0. The molecule has 0 bridgehead atoms. The van der Waals surface area contributed by atoms with Crippen LogP contribution in [0.2, 0.25) is 0 Å². The highest BCUT2D eigenvalue weighted by Gasteiger charge is 2.39. The molecular weight excluding hydrogens is 656 g/mol. The summed E-state index contributed by atoms with van der Waals surface area (Å²) in [6, 6.07) is 40.0. The largest absolute Gasteiger partial charge is 0.289 e. The standard InChI is InChI=1S/C41H24N6O5/c48-37(25-11-21-33-35(23-25)40(51)46(38(33)49)31-17-13-29(14-18-31)44-42-27-7-3-1-4-8-27)26-12-22-34-36(24-26)41(52)47(39(34)50)32-19-15-30(16-20-32)45-43-28-9-5-2-6-10-28/h1-24H. The average molecular weight is 681 g/mol. The predicted molar refractivity (Wildman–Crippen MR) is 193 cm³/mol. The molecule has 0 N–H and O–H groups in total. The third-order valence-corrected chi connectivity index (χ3v) is 8.59. The van der Waals surface area contributed by atoms with Gasteiger partial charge in [-0.05, 0) is 97.1 Å². The summed E-state index contributed by atoms with van der Waals surface area (Å²) in [7, 11) is 0. The van der Waals surface area contributed by atoms with Crippen LogP contribution in [-0.2, 0) is 0 Å². The molecule has 0 spiro atoms. The number of carbonyl (C=O) groups is 5. The van der Waals surface area contributed by atoms with Gasteiger partial charge in [0.25, 0.3) is 23.6 Å². The van der Waals surface area contributed by atoms with Gasteiger partial charge < -0.3 is 0 Å². The first-order valence-electron chi connectivity index (χ1n) is 16.1. The second kappa shape index (κ2) is 13.1. The number of benzene rings is 6. The van der Waals surface area contributed by atoms with Crippen LogP contribution >= 0.6 is 0 Å². The van der Waals surface area contributed by atoms with E-state index in [9.17, 15) is 24.0 Å². The van der Waals surface area contributed by atoms with E-state index >= 15 is 0 Å². The summed E-state index contributed by atoms with van der Waals surface area (Å²) in [6.07, 6.45) is 0. The van der Waals surface area contributed by atoms with Gasteiger partial charge in [-0.1, -0.05) is 48.5 Å². The first kappa shape index (κ1) is 31.7. The number of hydrogen-bond acceptors (Lipinski definition) is 9. The lowest BCUT2D eigenvalue weighted by molar-refractivity contribution is 0.0910. The van der Waals surface area contributed by atoms with Crippen molar-refractivity contribution in [3.63, 3.8) is 0 Å². The Bertz CT molecular complexity index is 2320. The number of fused-ring (bicyclic) bond motifs is 2. The van der Waals surface area contributed by atoms with E-state index in [1.807, 2.05) is 60.7 Å². The van der Waals surface area contributed by atoms with Crippen molar-refractivity contribution in [2.24, 2.45) is 20.5 Å². The van der Waals surface area contributed by atoms with Gasteiger partial charge in [-0.15, -0.1) is 0 Å². The molecule has 0 saturated carbocycles. The summed E-state index contributed by atoms with van der Waals surface area (Å²) in [5, 5.41) is 16.8. The van der Waals surface area contributed by atoms with E-state index in [2.05, 4.69) is 20.5 Å². The Kier molecular flexibility index (Phi) is 7.97.